The molecule has 0 unspecified atom stereocenters. The van der Waals surface area contributed by atoms with Crippen molar-refractivity contribution < 1.29 is 22.0 Å². The summed E-state index contributed by atoms with van der Waals surface area (Å²) in [7, 11) is -2.79. The number of anilines is 1. The molecule has 128 valence electrons. The molecular formula is C13H9N5O6S. The average molecular weight is 363 g/mol. The van der Waals surface area contributed by atoms with Crippen molar-refractivity contribution in [2.75, 3.05) is 11.8 Å². The first kappa shape index (κ1) is 15.1. The Balaban J connectivity index is 2.12. The normalized spacial score (nSPS) is 11.9. The Morgan fingerprint density at radius 2 is 2.00 bits per heavy atom. The molecule has 25 heavy (non-hydrogen) atoms. The second-order valence-corrected chi connectivity index (χ2v) is 6.50. The number of sulfonamides is 1. The molecule has 1 aromatic carbocycles. The first-order valence-electron chi connectivity index (χ1n) is 6.79. The van der Waals surface area contributed by atoms with Gasteiger partial charge in [-0.2, -0.15) is 0 Å². The Bertz CT molecular complexity index is 1240. The molecule has 0 aliphatic heterocycles. The molecule has 0 radical (unpaired) electrons. The predicted molar refractivity (Wildman–Crippen MR) is 83.8 cm³/mol. The maximum atomic E-state index is 12.9. The summed E-state index contributed by atoms with van der Waals surface area (Å²) in [6.07, 6.45) is 1.30. The lowest BCUT2D eigenvalue weighted by atomic mass is 10.1. The van der Waals surface area contributed by atoms with E-state index in [4.69, 9.17) is 13.6 Å². The van der Waals surface area contributed by atoms with Crippen LogP contribution in [0.4, 0.5) is 5.95 Å². The van der Waals surface area contributed by atoms with Gasteiger partial charge in [-0.3, -0.25) is 0 Å². The molecule has 4 aromatic rings. The fraction of sp³-hybridized carbons (Fsp3) is 0.0769. The van der Waals surface area contributed by atoms with Gasteiger partial charge < -0.3 is 13.6 Å². The van der Waals surface area contributed by atoms with Crippen molar-refractivity contribution in [1.29, 1.82) is 0 Å². The van der Waals surface area contributed by atoms with E-state index in [2.05, 4.69) is 25.3 Å². The molecule has 0 spiro atoms. The van der Waals surface area contributed by atoms with Gasteiger partial charge >= 0.3 is 5.63 Å². The molecule has 4 rings (SSSR count). The third-order valence-corrected chi connectivity index (χ3v) is 4.89. The van der Waals surface area contributed by atoms with E-state index >= 15 is 0 Å². The van der Waals surface area contributed by atoms with Crippen molar-refractivity contribution in [1.82, 2.24) is 20.6 Å². The molecule has 3 heterocycles. The highest BCUT2D eigenvalue weighted by Crippen LogP contribution is 2.40. The molecule has 11 nitrogen and oxygen atoms in total. The second kappa shape index (κ2) is 5.31. The third-order valence-electron chi connectivity index (χ3n) is 3.45. The molecule has 0 aliphatic carbocycles. The molecule has 0 bridgehead atoms. The fourth-order valence-corrected chi connectivity index (χ4v) is 3.88. The van der Waals surface area contributed by atoms with E-state index in [-0.39, 0.29) is 38.5 Å². The Morgan fingerprint density at radius 1 is 1.20 bits per heavy atom. The summed E-state index contributed by atoms with van der Waals surface area (Å²) in [6.45, 7) is 0. The third kappa shape index (κ3) is 2.30. The number of fused-ring (bicyclic) bond motifs is 2. The van der Waals surface area contributed by atoms with Crippen LogP contribution in [0.3, 0.4) is 0 Å². The first-order valence-corrected chi connectivity index (χ1v) is 8.27. The number of ether oxygens (including phenoxy) is 1. The highest BCUT2D eigenvalue weighted by Gasteiger charge is 2.28. The molecule has 2 N–H and O–H groups in total. The number of benzene rings is 1. The molecule has 0 fully saturated rings. The van der Waals surface area contributed by atoms with Crippen LogP contribution in [0.5, 0.6) is 5.75 Å². The average Bonchev–Trinajstić information content (AvgIpc) is 3.23. The number of furan rings is 1. The molecule has 12 heteroatoms. The van der Waals surface area contributed by atoms with E-state index < -0.39 is 15.6 Å². The quantitative estimate of drug-likeness (QED) is 0.502. The number of nitrogens with zero attached hydrogens (tertiary/aromatic N) is 3. The van der Waals surface area contributed by atoms with Gasteiger partial charge in [-0.1, -0.05) is 5.10 Å². The Hall–Kier alpha value is -3.41. The van der Waals surface area contributed by atoms with Gasteiger partial charge in [0.25, 0.3) is 16.0 Å². The minimum atomic E-state index is -4.15. The number of hydrogen-bond acceptors (Lipinski definition) is 9. The van der Waals surface area contributed by atoms with Gasteiger partial charge in [0.05, 0.1) is 13.4 Å². The van der Waals surface area contributed by atoms with Crippen LogP contribution in [-0.2, 0) is 10.0 Å². The lowest BCUT2D eigenvalue weighted by molar-refractivity contribution is 0.402. The zero-order valence-corrected chi connectivity index (χ0v) is 13.3. The number of tetrazole rings is 1. The highest BCUT2D eigenvalue weighted by atomic mass is 32.2. The summed E-state index contributed by atoms with van der Waals surface area (Å²) < 4.78 is 43.7. The van der Waals surface area contributed by atoms with E-state index in [0.29, 0.717) is 0 Å². The summed E-state index contributed by atoms with van der Waals surface area (Å²) in [5.74, 6) is -0.0500. The number of hydrogen-bond donors (Lipinski definition) is 2. The van der Waals surface area contributed by atoms with Gasteiger partial charge in [0.15, 0.2) is 11.2 Å². The van der Waals surface area contributed by atoms with Crippen molar-refractivity contribution in [3.05, 3.63) is 34.9 Å². The van der Waals surface area contributed by atoms with E-state index in [0.717, 1.165) is 6.07 Å². The van der Waals surface area contributed by atoms with Crippen LogP contribution in [0.1, 0.15) is 0 Å². The molecule has 0 aliphatic rings. The van der Waals surface area contributed by atoms with Gasteiger partial charge in [-0.15, -0.1) is 0 Å². The van der Waals surface area contributed by atoms with Gasteiger partial charge in [0, 0.05) is 16.8 Å². The summed E-state index contributed by atoms with van der Waals surface area (Å²) in [5.41, 5.74) is -0.582. The van der Waals surface area contributed by atoms with Gasteiger partial charge in [0.2, 0.25) is 5.75 Å². The van der Waals surface area contributed by atoms with Crippen molar-refractivity contribution in [3.8, 4) is 5.75 Å². The molecule has 0 saturated carbocycles. The zero-order chi connectivity index (χ0) is 17.6. The molecular weight excluding hydrogens is 354 g/mol. The number of aromatic amines is 1. The lowest BCUT2D eigenvalue weighted by Gasteiger charge is -2.11. The van der Waals surface area contributed by atoms with E-state index in [1.165, 1.54) is 25.5 Å². The topological polar surface area (TPSA) is 153 Å². The lowest BCUT2D eigenvalue weighted by Crippen LogP contribution is -2.15. The van der Waals surface area contributed by atoms with E-state index in [9.17, 15) is 13.2 Å². The monoisotopic (exact) mass is 363 g/mol. The zero-order valence-electron chi connectivity index (χ0n) is 12.5. The summed E-state index contributed by atoms with van der Waals surface area (Å²) in [4.78, 5) is 11.4. The van der Waals surface area contributed by atoms with Crippen LogP contribution in [0.2, 0.25) is 0 Å². The van der Waals surface area contributed by atoms with Gasteiger partial charge in [0.1, 0.15) is 4.90 Å². The fourth-order valence-electron chi connectivity index (χ4n) is 2.53. The maximum Gasteiger partial charge on any atom is 0.336 e. The molecule has 0 saturated heterocycles. The largest absolute Gasteiger partial charge is 0.490 e. The van der Waals surface area contributed by atoms with E-state index in [1.54, 1.807) is 0 Å². The SMILES string of the molecule is COc1c2occc2c(S(=O)(=O)Nc2nnn[nH]2)c2ccc(=O)oc12. The van der Waals surface area contributed by atoms with Crippen LogP contribution < -0.4 is 15.1 Å². The summed E-state index contributed by atoms with van der Waals surface area (Å²) in [5, 5.41) is 12.8. The van der Waals surface area contributed by atoms with Crippen LogP contribution in [0.25, 0.3) is 21.9 Å². The smallest absolute Gasteiger partial charge is 0.336 e. The predicted octanol–water partition coefficient (Wildman–Crippen LogP) is 0.862. The number of aromatic nitrogens is 4. The van der Waals surface area contributed by atoms with Gasteiger partial charge in [-0.05, 0) is 22.6 Å². The van der Waals surface area contributed by atoms with Crippen LogP contribution >= 0.6 is 0 Å². The van der Waals surface area contributed by atoms with Crippen molar-refractivity contribution in [3.63, 3.8) is 0 Å². The minimum absolute atomic E-state index is 0.0477. The minimum Gasteiger partial charge on any atom is -0.490 e. The summed E-state index contributed by atoms with van der Waals surface area (Å²) in [6, 6.07) is 3.92. The van der Waals surface area contributed by atoms with Crippen LogP contribution in [0.15, 0.2) is 43.0 Å². The Kier molecular flexibility index (Phi) is 3.21. The van der Waals surface area contributed by atoms with Crippen molar-refractivity contribution >= 4 is 37.9 Å². The number of rotatable bonds is 4. The highest BCUT2D eigenvalue weighted by molar-refractivity contribution is 7.93. The Labute approximate surface area is 138 Å². The maximum absolute atomic E-state index is 12.9. The Morgan fingerprint density at radius 3 is 2.72 bits per heavy atom. The first-order chi connectivity index (χ1) is 12.0. The number of methoxy groups -OCH3 is 1. The van der Waals surface area contributed by atoms with E-state index in [1.807, 2.05) is 0 Å². The second-order valence-electron chi connectivity index (χ2n) is 4.88. The molecule has 0 atom stereocenters. The van der Waals surface area contributed by atoms with Crippen LogP contribution in [-0.4, -0.2) is 36.2 Å². The standard InChI is InChI=1S/C13H9N5O6S/c1-22-11-9-7(4-5-23-9)12(6-2-3-8(19)24-10(6)11)25(20,21)16-13-14-17-18-15-13/h2-5H,1H3,(H2,14,15,16,17,18). The number of nitrogens with one attached hydrogen (secondary N) is 2. The molecule has 3 aromatic heterocycles. The number of H-pyrrole nitrogens is 1. The van der Waals surface area contributed by atoms with Crippen molar-refractivity contribution in [2.45, 2.75) is 4.90 Å². The summed E-state index contributed by atoms with van der Waals surface area (Å²) >= 11 is 0. The van der Waals surface area contributed by atoms with Gasteiger partial charge in [-0.25, -0.2) is 23.0 Å². The van der Waals surface area contributed by atoms with Crippen molar-refractivity contribution in [2.24, 2.45) is 0 Å². The van der Waals surface area contributed by atoms with Crippen LogP contribution in [0, 0.1) is 0 Å². The molecule has 0 amide bonds.